The molecule has 0 amide bonds. The maximum Gasteiger partial charge on any atom is 0.269 e. The molecule has 1 aromatic heterocycles. The molecule has 0 radical (unpaired) electrons. The summed E-state index contributed by atoms with van der Waals surface area (Å²) >= 11 is 4.94. The Hall–Kier alpha value is -2.98. The number of anilines is 1. The summed E-state index contributed by atoms with van der Waals surface area (Å²) in [5, 5.41) is 19.6. The summed E-state index contributed by atoms with van der Waals surface area (Å²) in [5.41, 5.74) is 3.53. The Labute approximate surface area is 209 Å². The topological polar surface area (TPSA) is 103 Å². The van der Waals surface area contributed by atoms with Crippen molar-refractivity contribution in [3.63, 3.8) is 0 Å². The number of nitrogens with zero attached hydrogens (tertiary/aromatic N) is 4. The Morgan fingerprint density at radius 1 is 1.18 bits per heavy atom. The number of nitro groups is 1. The number of hydrogen-bond acceptors (Lipinski definition) is 7. The molecule has 2 aliphatic rings. The minimum absolute atomic E-state index is 0.0649. The third kappa shape index (κ3) is 4.39. The highest BCUT2D eigenvalue weighted by Crippen LogP contribution is 2.45. The van der Waals surface area contributed by atoms with Gasteiger partial charge < -0.3 is 5.32 Å². The van der Waals surface area contributed by atoms with Gasteiger partial charge in [0.1, 0.15) is 6.04 Å². The van der Waals surface area contributed by atoms with E-state index in [-0.39, 0.29) is 22.9 Å². The number of thioether (sulfide) groups is 1. The van der Waals surface area contributed by atoms with Crippen LogP contribution >= 0.6 is 27.7 Å². The van der Waals surface area contributed by atoms with Gasteiger partial charge in [0, 0.05) is 40.0 Å². The predicted octanol–water partition coefficient (Wildman–Crippen LogP) is 5.90. The standard InChI is InChI=1S/C24H22BrN5O3S/c1-24(2)11-18-20(19(31)12-24)21(15-5-7-16(25)8-6-15)29-22(26-18)27-23(28-29)34-13-14-3-9-17(10-4-14)30(32)33/h3-10,21H,11-13H2,1-2H3,(H,26,27,28)/t21-/m0/s1. The normalized spacial score (nSPS) is 18.8. The van der Waals surface area contributed by atoms with Gasteiger partial charge in [-0.1, -0.05) is 65.8 Å². The van der Waals surface area contributed by atoms with Gasteiger partial charge in [-0.2, -0.15) is 4.98 Å². The number of ketones is 1. The molecule has 10 heteroatoms. The fourth-order valence-corrected chi connectivity index (χ4v) is 5.51. The number of allylic oxidation sites excluding steroid dienone is 2. The lowest BCUT2D eigenvalue weighted by atomic mass is 9.73. The van der Waals surface area contributed by atoms with Crippen LogP contribution in [0.1, 0.15) is 43.9 Å². The second-order valence-corrected chi connectivity index (χ2v) is 11.1. The Bertz CT molecular complexity index is 1320. The van der Waals surface area contributed by atoms with Crippen LogP contribution in [0.3, 0.4) is 0 Å². The third-order valence-electron chi connectivity index (χ3n) is 6.01. The average molecular weight is 540 g/mol. The van der Waals surface area contributed by atoms with E-state index in [9.17, 15) is 14.9 Å². The predicted molar refractivity (Wildman–Crippen MR) is 134 cm³/mol. The molecule has 0 fully saturated rings. The molecule has 34 heavy (non-hydrogen) atoms. The van der Waals surface area contributed by atoms with E-state index in [1.54, 1.807) is 16.8 Å². The van der Waals surface area contributed by atoms with E-state index in [1.165, 1.54) is 23.9 Å². The largest absolute Gasteiger partial charge is 0.328 e. The molecule has 1 aliphatic heterocycles. The highest BCUT2D eigenvalue weighted by Gasteiger charge is 2.41. The first-order chi connectivity index (χ1) is 16.2. The summed E-state index contributed by atoms with van der Waals surface area (Å²) in [4.78, 5) is 28.5. The van der Waals surface area contributed by atoms with Crippen LogP contribution < -0.4 is 5.32 Å². The van der Waals surface area contributed by atoms with Crippen molar-refractivity contribution in [3.8, 4) is 0 Å². The van der Waals surface area contributed by atoms with E-state index < -0.39 is 4.92 Å². The van der Waals surface area contributed by atoms with Crippen LogP contribution in [-0.4, -0.2) is 25.5 Å². The number of fused-ring (bicyclic) bond motifs is 1. The molecule has 174 valence electrons. The SMILES string of the molecule is CC1(C)CC(=O)C2=C(C1)Nc1nc(SCc3ccc([N+](=O)[O-])cc3)nn1[C@H]2c1ccc(Br)cc1. The zero-order valence-electron chi connectivity index (χ0n) is 18.6. The molecule has 5 rings (SSSR count). The van der Waals surface area contributed by atoms with Gasteiger partial charge in [-0.15, -0.1) is 5.10 Å². The van der Waals surface area contributed by atoms with Gasteiger partial charge in [-0.25, -0.2) is 4.68 Å². The number of hydrogen-bond donors (Lipinski definition) is 1. The van der Waals surface area contributed by atoms with Crippen LogP contribution in [0.4, 0.5) is 11.6 Å². The van der Waals surface area contributed by atoms with Gasteiger partial charge >= 0.3 is 0 Å². The van der Waals surface area contributed by atoms with Crippen molar-refractivity contribution in [1.82, 2.24) is 14.8 Å². The molecule has 0 spiro atoms. The number of nitrogens with one attached hydrogen (secondary N) is 1. The lowest BCUT2D eigenvalue weighted by Crippen LogP contribution is -2.36. The van der Waals surface area contributed by atoms with Crippen LogP contribution in [-0.2, 0) is 10.5 Å². The van der Waals surface area contributed by atoms with E-state index >= 15 is 0 Å². The lowest BCUT2D eigenvalue weighted by molar-refractivity contribution is -0.384. The number of aromatic nitrogens is 3. The van der Waals surface area contributed by atoms with Crippen LogP contribution in [0, 0.1) is 15.5 Å². The number of halogens is 1. The minimum Gasteiger partial charge on any atom is -0.328 e. The molecule has 1 aliphatic carbocycles. The third-order valence-corrected chi connectivity index (χ3v) is 7.45. The van der Waals surface area contributed by atoms with Gasteiger partial charge in [-0.3, -0.25) is 14.9 Å². The summed E-state index contributed by atoms with van der Waals surface area (Å²) in [6.45, 7) is 4.21. The second-order valence-electron chi connectivity index (χ2n) is 9.29. The molecule has 2 heterocycles. The number of benzene rings is 2. The first-order valence-electron chi connectivity index (χ1n) is 10.8. The minimum atomic E-state index is -0.410. The van der Waals surface area contributed by atoms with Gasteiger partial charge in [0.2, 0.25) is 11.1 Å². The van der Waals surface area contributed by atoms with Gasteiger partial charge in [0.05, 0.1) is 4.92 Å². The molecule has 0 saturated carbocycles. The van der Waals surface area contributed by atoms with E-state index in [0.717, 1.165) is 33.3 Å². The van der Waals surface area contributed by atoms with Gasteiger partial charge in [0.15, 0.2) is 5.78 Å². The second kappa shape index (κ2) is 8.66. The monoisotopic (exact) mass is 539 g/mol. The number of nitro benzene ring substituents is 1. The average Bonchev–Trinajstić information content (AvgIpc) is 3.19. The molecular formula is C24H22BrN5O3S. The van der Waals surface area contributed by atoms with Crippen LogP contribution in [0.25, 0.3) is 0 Å². The smallest absolute Gasteiger partial charge is 0.269 e. The van der Waals surface area contributed by atoms with Crippen molar-refractivity contribution in [2.45, 2.75) is 43.6 Å². The van der Waals surface area contributed by atoms with E-state index in [2.05, 4.69) is 35.1 Å². The maximum absolute atomic E-state index is 13.3. The fraction of sp³-hybridized carbons (Fsp3) is 0.292. The number of non-ortho nitro benzene ring substituents is 1. The fourth-order valence-electron chi connectivity index (χ4n) is 4.47. The van der Waals surface area contributed by atoms with Gasteiger partial charge in [0.25, 0.3) is 5.69 Å². The van der Waals surface area contributed by atoms with E-state index in [1.807, 2.05) is 24.3 Å². The van der Waals surface area contributed by atoms with Crippen LogP contribution in [0.2, 0.25) is 0 Å². The summed E-state index contributed by atoms with van der Waals surface area (Å²) in [5.74, 6) is 1.32. The molecule has 2 aromatic carbocycles. The Morgan fingerprint density at radius 2 is 1.88 bits per heavy atom. The molecule has 0 saturated heterocycles. The Morgan fingerprint density at radius 3 is 2.56 bits per heavy atom. The first kappa shape index (κ1) is 22.8. The number of rotatable bonds is 5. The highest BCUT2D eigenvalue weighted by atomic mass is 79.9. The maximum atomic E-state index is 13.3. The number of carbonyl (C=O) groups is 1. The molecule has 1 N–H and O–H groups in total. The van der Waals surface area contributed by atoms with Crippen molar-refractivity contribution < 1.29 is 9.72 Å². The molecular weight excluding hydrogens is 518 g/mol. The van der Waals surface area contributed by atoms with E-state index in [0.29, 0.717) is 23.3 Å². The van der Waals surface area contributed by atoms with Crippen LogP contribution in [0.5, 0.6) is 0 Å². The van der Waals surface area contributed by atoms with Crippen molar-refractivity contribution >= 4 is 45.1 Å². The summed E-state index contributed by atoms with van der Waals surface area (Å²) in [6, 6.07) is 14.1. The molecule has 8 nitrogen and oxygen atoms in total. The molecule has 1 atom stereocenters. The van der Waals surface area contributed by atoms with Crippen molar-refractivity contribution in [1.29, 1.82) is 0 Å². The Balaban J connectivity index is 1.47. The number of Topliss-reactive ketones (excluding diaryl/α,β-unsaturated/α-hetero) is 1. The zero-order chi connectivity index (χ0) is 24.0. The molecule has 0 bridgehead atoms. The highest BCUT2D eigenvalue weighted by molar-refractivity contribution is 9.10. The lowest BCUT2D eigenvalue weighted by Gasteiger charge is -2.38. The zero-order valence-corrected chi connectivity index (χ0v) is 21.0. The van der Waals surface area contributed by atoms with Crippen molar-refractivity contribution in [2.24, 2.45) is 5.41 Å². The quantitative estimate of drug-likeness (QED) is 0.244. The van der Waals surface area contributed by atoms with Gasteiger partial charge in [-0.05, 0) is 35.1 Å². The van der Waals surface area contributed by atoms with Crippen molar-refractivity contribution in [2.75, 3.05) is 5.32 Å². The summed E-state index contributed by atoms with van der Waals surface area (Å²) < 4.78 is 2.77. The van der Waals surface area contributed by atoms with E-state index in [4.69, 9.17) is 10.1 Å². The van der Waals surface area contributed by atoms with Crippen LogP contribution in [0.15, 0.2) is 69.4 Å². The molecule has 3 aromatic rings. The van der Waals surface area contributed by atoms with Crippen molar-refractivity contribution in [3.05, 3.63) is 85.5 Å². The Kier molecular flexibility index (Phi) is 5.81. The summed E-state index contributed by atoms with van der Waals surface area (Å²) in [7, 11) is 0. The first-order valence-corrected chi connectivity index (χ1v) is 12.6. The number of carbonyl (C=O) groups excluding carboxylic acids is 1. The molecule has 0 unspecified atom stereocenters. The summed E-state index contributed by atoms with van der Waals surface area (Å²) in [6.07, 6.45) is 1.26.